The molecule has 1 saturated carbocycles. The third-order valence-electron chi connectivity index (χ3n) is 4.88. The number of carbonyl (C=O) groups excluding carboxylic acids is 2. The molecule has 2 aromatic carbocycles. The first-order valence-electron chi connectivity index (χ1n) is 9.01. The van der Waals surface area contributed by atoms with Crippen molar-refractivity contribution in [2.24, 2.45) is 5.92 Å². The lowest BCUT2D eigenvalue weighted by Gasteiger charge is -2.19. The monoisotopic (exact) mass is 351 g/mol. The van der Waals surface area contributed by atoms with Gasteiger partial charge in [-0.1, -0.05) is 29.8 Å². The molecule has 1 atom stereocenters. The first-order valence-corrected chi connectivity index (χ1v) is 9.01. The predicted molar refractivity (Wildman–Crippen MR) is 101 cm³/mol. The van der Waals surface area contributed by atoms with E-state index < -0.39 is 0 Å². The summed E-state index contributed by atoms with van der Waals surface area (Å²) in [7, 11) is 1.57. The normalized spacial score (nSPS) is 14.6. The Morgan fingerprint density at radius 1 is 1.15 bits per heavy atom. The molecule has 2 aromatic rings. The van der Waals surface area contributed by atoms with Gasteiger partial charge in [-0.25, -0.2) is 0 Å². The minimum Gasteiger partial charge on any atom is -0.496 e. The first kappa shape index (κ1) is 18.2. The SMILES string of the molecule is COc1ccc(C(C)=O)cc1CC(=O)NC(c1ccc(C)cc1)C1CC1. The van der Waals surface area contributed by atoms with Crippen LogP contribution in [0.25, 0.3) is 0 Å². The van der Waals surface area contributed by atoms with E-state index in [0.717, 1.165) is 24.0 Å². The third-order valence-corrected chi connectivity index (χ3v) is 4.88. The number of hydrogen-bond donors (Lipinski definition) is 1. The molecule has 1 fully saturated rings. The number of rotatable bonds is 7. The zero-order valence-electron chi connectivity index (χ0n) is 15.5. The Labute approximate surface area is 154 Å². The van der Waals surface area contributed by atoms with Gasteiger partial charge in [-0.2, -0.15) is 0 Å². The van der Waals surface area contributed by atoms with E-state index in [1.807, 2.05) is 0 Å². The Kier molecular flexibility index (Phi) is 5.40. The molecule has 0 spiro atoms. The molecule has 0 aliphatic heterocycles. The standard InChI is InChI=1S/C22H25NO3/c1-14-4-6-16(7-5-14)22(17-8-9-17)23-21(25)13-19-12-18(15(2)24)10-11-20(19)26-3/h4-7,10-12,17,22H,8-9,13H2,1-3H3,(H,23,25). The van der Waals surface area contributed by atoms with Gasteiger partial charge in [0.25, 0.3) is 0 Å². The minimum atomic E-state index is -0.0542. The average Bonchev–Trinajstić information content (AvgIpc) is 3.45. The van der Waals surface area contributed by atoms with Crippen LogP contribution in [0.15, 0.2) is 42.5 Å². The highest BCUT2D eigenvalue weighted by Gasteiger charge is 2.33. The molecule has 0 radical (unpaired) electrons. The van der Waals surface area contributed by atoms with Crippen LogP contribution in [0.1, 0.15) is 52.9 Å². The van der Waals surface area contributed by atoms with Crippen LogP contribution in [-0.4, -0.2) is 18.8 Å². The number of methoxy groups -OCH3 is 1. The molecule has 26 heavy (non-hydrogen) atoms. The summed E-state index contributed by atoms with van der Waals surface area (Å²) in [5.74, 6) is 1.06. The number of amides is 1. The number of Topliss-reactive ketones (excluding diaryl/α,β-unsaturated/α-hetero) is 1. The van der Waals surface area contributed by atoms with Gasteiger partial charge in [-0.3, -0.25) is 9.59 Å². The summed E-state index contributed by atoms with van der Waals surface area (Å²) in [6.45, 7) is 3.58. The molecule has 1 aliphatic carbocycles. The topological polar surface area (TPSA) is 55.4 Å². The number of benzene rings is 2. The van der Waals surface area contributed by atoms with E-state index in [1.54, 1.807) is 25.3 Å². The van der Waals surface area contributed by atoms with Gasteiger partial charge in [0.15, 0.2) is 5.78 Å². The molecule has 0 heterocycles. The summed E-state index contributed by atoms with van der Waals surface area (Å²) >= 11 is 0. The fraction of sp³-hybridized carbons (Fsp3) is 0.364. The zero-order valence-corrected chi connectivity index (χ0v) is 15.5. The fourth-order valence-electron chi connectivity index (χ4n) is 3.21. The summed E-state index contributed by atoms with van der Waals surface area (Å²) in [5.41, 5.74) is 3.68. The molecule has 136 valence electrons. The van der Waals surface area contributed by atoms with Crippen molar-refractivity contribution in [1.82, 2.24) is 5.32 Å². The van der Waals surface area contributed by atoms with Crippen molar-refractivity contribution in [3.63, 3.8) is 0 Å². The average molecular weight is 351 g/mol. The number of carbonyl (C=O) groups is 2. The molecular weight excluding hydrogens is 326 g/mol. The highest BCUT2D eigenvalue weighted by atomic mass is 16.5. The van der Waals surface area contributed by atoms with Crippen LogP contribution >= 0.6 is 0 Å². The number of nitrogens with one attached hydrogen (secondary N) is 1. The van der Waals surface area contributed by atoms with Crippen LogP contribution in [0.2, 0.25) is 0 Å². The van der Waals surface area contributed by atoms with Crippen LogP contribution in [0.4, 0.5) is 0 Å². The van der Waals surface area contributed by atoms with E-state index in [2.05, 4.69) is 36.5 Å². The smallest absolute Gasteiger partial charge is 0.225 e. The van der Waals surface area contributed by atoms with Gasteiger partial charge in [0.05, 0.1) is 19.6 Å². The van der Waals surface area contributed by atoms with Gasteiger partial charge in [-0.15, -0.1) is 0 Å². The molecule has 4 heteroatoms. The maximum atomic E-state index is 12.7. The minimum absolute atomic E-state index is 0.0233. The first-order chi connectivity index (χ1) is 12.5. The van der Waals surface area contributed by atoms with Crippen LogP contribution < -0.4 is 10.1 Å². The van der Waals surface area contributed by atoms with Crippen molar-refractivity contribution in [2.75, 3.05) is 7.11 Å². The molecule has 0 saturated heterocycles. The summed E-state index contributed by atoms with van der Waals surface area (Å²) in [5, 5.41) is 3.18. The van der Waals surface area contributed by atoms with Crippen LogP contribution in [0, 0.1) is 12.8 Å². The molecule has 1 amide bonds. The van der Waals surface area contributed by atoms with Crippen molar-refractivity contribution in [3.8, 4) is 5.75 Å². The van der Waals surface area contributed by atoms with E-state index in [0.29, 0.717) is 17.2 Å². The second-order valence-electron chi connectivity index (χ2n) is 7.05. The Morgan fingerprint density at radius 3 is 2.42 bits per heavy atom. The molecule has 1 aliphatic rings. The van der Waals surface area contributed by atoms with Crippen molar-refractivity contribution in [2.45, 2.75) is 39.2 Å². The quantitative estimate of drug-likeness (QED) is 0.767. The lowest BCUT2D eigenvalue weighted by atomic mass is 10.00. The van der Waals surface area contributed by atoms with Crippen molar-refractivity contribution >= 4 is 11.7 Å². The van der Waals surface area contributed by atoms with E-state index in [4.69, 9.17) is 4.74 Å². The number of aryl methyl sites for hydroxylation is 1. The van der Waals surface area contributed by atoms with Crippen LogP contribution in [-0.2, 0) is 11.2 Å². The Hall–Kier alpha value is -2.62. The Bertz CT molecular complexity index is 807. The lowest BCUT2D eigenvalue weighted by molar-refractivity contribution is -0.121. The Balaban J connectivity index is 1.76. The van der Waals surface area contributed by atoms with E-state index in [1.165, 1.54) is 12.5 Å². The summed E-state index contributed by atoms with van der Waals surface area (Å²) in [6, 6.07) is 13.6. The fourth-order valence-corrected chi connectivity index (χ4v) is 3.21. The molecule has 4 nitrogen and oxygen atoms in total. The molecule has 1 N–H and O–H groups in total. The van der Waals surface area contributed by atoms with Gasteiger partial charge >= 0.3 is 0 Å². The summed E-state index contributed by atoms with van der Waals surface area (Å²) < 4.78 is 5.35. The van der Waals surface area contributed by atoms with E-state index in [-0.39, 0.29) is 24.2 Å². The van der Waals surface area contributed by atoms with E-state index in [9.17, 15) is 9.59 Å². The third kappa shape index (κ3) is 4.31. The number of hydrogen-bond acceptors (Lipinski definition) is 3. The van der Waals surface area contributed by atoms with Gasteiger partial charge in [0.2, 0.25) is 5.91 Å². The van der Waals surface area contributed by atoms with Gasteiger partial charge in [-0.05, 0) is 56.4 Å². The predicted octanol–water partition coefficient (Wildman–Crippen LogP) is 4.02. The maximum absolute atomic E-state index is 12.7. The van der Waals surface area contributed by atoms with Crippen LogP contribution in [0.5, 0.6) is 5.75 Å². The molecule has 3 rings (SSSR count). The van der Waals surface area contributed by atoms with Gasteiger partial charge in [0.1, 0.15) is 5.75 Å². The highest BCUT2D eigenvalue weighted by Crippen LogP contribution is 2.41. The highest BCUT2D eigenvalue weighted by molar-refractivity contribution is 5.94. The second-order valence-corrected chi connectivity index (χ2v) is 7.05. The van der Waals surface area contributed by atoms with E-state index >= 15 is 0 Å². The Morgan fingerprint density at radius 2 is 1.85 bits per heavy atom. The largest absolute Gasteiger partial charge is 0.496 e. The van der Waals surface area contributed by atoms with Gasteiger partial charge in [0, 0.05) is 11.1 Å². The molecule has 1 unspecified atom stereocenters. The molecule has 0 aromatic heterocycles. The second kappa shape index (κ2) is 7.73. The molecular formula is C22H25NO3. The number of ether oxygens (including phenoxy) is 1. The van der Waals surface area contributed by atoms with Gasteiger partial charge < -0.3 is 10.1 Å². The zero-order chi connectivity index (χ0) is 18.7. The summed E-state index contributed by atoms with van der Waals surface area (Å²) in [6.07, 6.45) is 2.48. The number of ketones is 1. The molecule has 0 bridgehead atoms. The van der Waals surface area contributed by atoms with Crippen molar-refractivity contribution in [1.29, 1.82) is 0 Å². The van der Waals surface area contributed by atoms with Crippen molar-refractivity contribution < 1.29 is 14.3 Å². The summed E-state index contributed by atoms with van der Waals surface area (Å²) in [4.78, 5) is 24.3. The lowest BCUT2D eigenvalue weighted by Crippen LogP contribution is -2.31. The maximum Gasteiger partial charge on any atom is 0.225 e. The van der Waals surface area contributed by atoms with Crippen LogP contribution in [0.3, 0.4) is 0 Å². The van der Waals surface area contributed by atoms with Crippen molar-refractivity contribution in [3.05, 3.63) is 64.7 Å².